The molecule has 1 fully saturated rings. The largest absolute Gasteiger partial charge is 0.376 e. The summed E-state index contributed by atoms with van der Waals surface area (Å²) in [7, 11) is 0. The number of aromatic amines is 1. The fourth-order valence-corrected chi connectivity index (χ4v) is 2.67. The number of ether oxygens (including phenoxy) is 1. The van der Waals surface area contributed by atoms with Crippen LogP contribution in [0.15, 0.2) is 29.3 Å². The van der Waals surface area contributed by atoms with E-state index in [1.54, 1.807) is 0 Å². The van der Waals surface area contributed by atoms with Gasteiger partial charge in [0.15, 0.2) is 11.2 Å². The third kappa shape index (κ3) is 4.72. The van der Waals surface area contributed by atoms with Crippen molar-refractivity contribution in [1.29, 1.82) is 0 Å². The van der Waals surface area contributed by atoms with Crippen LogP contribution in [0.3, 0.4) is 0 Å². The summed E-state index contributed by atoms with van der Waals surface area (Å²) >= 11 is 11.8. The van der Waals surface area contributed by atoms with Crippen LogP contribution in [0.5, 0.6) is 0 Å². The molecule has 3 aromatic rings. The molecule has 4 rings (SSSR count). The van der Waals surface area contributed by atoms with Crippen LogP contribution in [0.1, 0.15) is 28.9 Å². The number of imidazole rings is 1. The van der Waals surface area contributed by atoms with E-state index in [0.29, 0.717) is 4.57 Å². The van der Waals surface area contributed by atoms with Crippen molar-refractivity contribution < 1.29 is 21.2 Å². The number of aromatic nitrogens is 4. The predicted molar refractivity (Wildman–Crippen MR) is 114 cm³/mol. The summed E-state index contributed by atoms with van der Waals surface area (Å²) in [6.45, 7) is -15.1. The number of H-pyrrole nitrogens is 1. The lowest BCUT2D eigenvalue weighted by atomic mass is 10.2. The minimum Gasteiger partial charge on any atom is -0.376 e. The standard InChI is InChI=1S/C19H22Cl2N6O2/c1-12-10-26(6-7-29-12)4-5-27-11-23-17-16(27)18(28)25-19(24-17)22-9-13-2-3-14(20)15(21)8-13/h2-3,8,11-12H,4-7,9-10H2,1H3,(H2,22,24,25,28)/i3D,5D2,6D2,7D2,9D2,10D2,12D. The Hall–Kier alpha value is -2.13. The van der Waals surface area contributed by atoms with Crippen molar-refractivity contribution >= 4 is 40.3 Å². The second-order valence-electron chi connectivity index (χ2n) is 5.73. The highest BCUT2D eigenvalue weighted by atomic mass is 35.5. The summed E-state index contributed by atoms with van der Waals surface area (Å²) in [5, 5.41) is 2.19. The molecule has 154 valence electrons. The molecule has 1 aliphatic rings. The topological polar surface area (TPSA) is 88.1 Å². The lowest BCUT2D eigenvalue weighted by molar-refractivity contribution is -0.0190. The molecule has 0 amide bonds. The molecule has 0 spiro atoms. The molecule has 10 heteroatoms. The third-order valence-corrected chi connectivity index (χ3v) is 4.37. The highest BCUT2D eigenvalue weighted by molar-refractivity contribution is 6.42. The molecule has 0 aliphatic carbocycles. The van der Waals surface area contributed by atoms with E-state index in [1.807, 2.05) is 0 Å². The van der Waals surface area contributed by atoms with Crippen molar-refractivity contribution in [3.05, 3.63) is 50.5 Å². The van der Waals surface area contributed by atoms with E-state index < -0.39 is 62.2 Å². The first-order valence-corrected chi connectivity index (χ1v) is 8.90. The summed E-state index contributed by atoms with van der Waals surface area (Å²) in [4.78, 5) is 23.4. The Morgan fingerprint density at radius 1 is 1.55 bits per heavy atom. The molecule has 1 saturated heterocycles. The second-order valence-corrected chi connectivity index (χ2v) is 6.51. The summed E-state index contributed by atoms with van der Waals surface area (Å²) in [6, 6.07) is 2.06. The molecule has 8 nitrogen and oxygen atoms in total. The minimum absolute atomic E-state index is 0.0782. The van der Waals surface area contributed by atoms with E-state index >= 15 is 0 Å². The van der Waals surface area contributed by atoms with Gasteiger partial charge in [-0.2, -0.15) is 4.98 Å². The number of morpholine rings is 1. The first kappa shape index (κ1) is 10.3. The van der Waals surface area contributed by atoms with Crippen molar-refractivity contribution in [3.8, 4) is 0 Å². The van der Waals surface area contributed by atoms with Gasteiger partial charge in [0.25, 0.3) is 5.56 Å². The molecule has 2 N–H and O–H groups in total. The van der Waals surface area contributed by atoms with Crippen molar-refractivity contribution in [2.45, 2.75) is 26.0 Å². The molecule has 1 aromatic carbocycles. The van der Waals surface area contributed by atoms with Crippen molar-refractivity contribution in [1.82, 2.24) is 24.4 Å². The highest BCUT2D eigenvalue weighted by Crippen LogP contribution is 2.22. The van der Waals surface area contributed by atoms with E-state index in [0.717, 1.165) is 19.3 Å². The Bertz CT molecular complexity index is 1530. The van der Waals surface area contributed by atoms with E-state index in [2.05, 4.69) is 20.3 Å². The van der Waals surface area contributed by atoms with Gasteiger partial charge >= 0.3 is 0 Å². The van der Waals surface area contributed by atoms with Crippen LogP contribution in [0.25, 0.3) is 11.2 Å². The van der Waals surface area contributed by atoms with Gasteiger partial charge in [-0.3, -0.25) is 14.7 Å². The van der Waals surface area contributed by atoms with Gasteiger partial charge in [0.1, 0.15) is 0 Å². The van der Waals surface area contributed by atoms with Gasteiger partial charge in [-0.15, -0.1) is 0 Å². The summed E-state index contributed by atoms with van der Waals surface area (Å²) < 4.78 is 104. The van der Waals surface area contributed by atoms with E-state index in [9.17, 15) is 4.79 Å². The number of nitrogens with zero attached hydrogens (tertiary/aromatic N) is 4. The Morgan fingerprint density at radius 2 is 2.41 bits per heavy atom. The van der Waals surface area contributed by atoms with E-state index in [1.165, 1.54) is 6.07 Å². The molecule has 0 bridgehead atoms. The van der Waals surface area contributed by atoms with Crippen molar-refractivity contribution in [2.75, 3.05) is 31.4 Å². The number of benzene rings is 1. The molecule has 0 saturated carbocycles. The zero-order chi connectivity index (χ0) is 31.1. The van der Waals surface area contributed by atoms with Crippen LogP contribution in [-0.2, 0) is 17.7 Å². The first-order valence-electron chi connectivity index (χ1n) is 14.1. The van der Waals surface area contributed by atoms with E-state index in [-0.39, 0.29) is 32.2 Å². The normalized spacial score (nSPS) is 32.5. The maximum absolute atomic E-state index is 13.0. The summed E-state index contributed by atoms with van der Waals surface area (Å²) in [5.41, 5.74) is -1.95. The van der Waals surface area contributed by atoms with Crippen LogP contribution in [0.2, 0.25) is 10.0 Å². The van der Waals surface area contributed by atoms with Crippen molar-refractivity contribution in [2.24, 2.45) is 0 Å². The number of rotatable bonds is 6. The molecule has 1 atom stereocenters. The second kappa shape index (κ2) is 8.71. The predicted octanol–water partition coefficient (Wildman–Crippen LogP) is 2.76. The molecule has 29 heavy (non-hydrogen) atoms. The Morgan fingerprint density at radius 3 is 3.24 bits per heavy atom. The minimum atomic E-state index is -3.25. The Balaban J connectivity index is 1.71. The van der Waals surface area contributed by atoms with Crippen molar-refractivity contribution in [3.63, 3.8) is 0 Å². The van der Waals surface area contributed by atoms with Gasteiger partial charge in [0.05, 0.1) is 40.0 Å². The first-order chi connectivity index (χ1) is 18.4. The van der Waals surface area contributed by atoms with Gasteiger partial charge in [0.2, 0.25) is 5.95 Å². The third-order valence-electron chi connectivity index (χ3n) is 3.66. The lowest BCUT2D eigenvalue weighted by Gasteiger charge is -2.31. The Kier molecular flexibility index (Phi) is 3.08. The van der Waals surface area contributed by atoms with Crippen LogP contribution >= 0.6 is 23.2 Å². The molecule has 3 heterocycles. The highest BCUT2D eigenvalue weighted by Gasteiger charge is 2.17. The monoisotopic (exact) mass is 448 g/mol. The maximum Gasteiger partial charge on any atom is 0.278 e. The van der Waals surface area contributed by atoms with Crippen LogP contribution < -0.4 is 10.9 Å². The molecule has 2 aromatic heterocycles. The molecule has 0 radical (unpaired) electrons. The van der Waals surface area contributed by atoms with Gasteiger partial charge in [0, 0.05) is 38.0 Å². The number of hydrogen-bond acceptors (Lipinski definition) is 6. The average molecular weight is 449 g/mol. The number of anilines is 1. The number of fused-ring (bicyclic) bond motifs is 1. The Labute approximate surface area is 194 Å². The lowest BCUT2D eigenvalue weighted by Crippen LogP contribution is -2.42. The van der Waals surface area contributed by atoms with Gasteiger partial charge in [-0.25, -0.2) is 4.98 Å². The van der Waals surface area contributed by atoms with Gasteiger partial charge in [-0.05, 0) is 24.6 Å². The summed E-state index contributed by atoms with van der Waals surface area (Å²) in [6.07, 6.45) is -1.81. The quantitative estimate of drug-likeness (QED) is 0.602. The van der Waals surface area contributed by atoms with Crippen LogP contribution in [-0.4, -0.2) is 56.6 Å². The zero-order valence-corrected chi connectivity index (χ0v) is 16.3. The van der Waals surface area contributed by atoms with Gasteiger partial charge < -0.3 is 14.6 Å². The smallest absolute Gasteiger partial charge is 0.278 e. The molecule has 1 aliphatic heterocycles. The molecular formula is C19H22Cl2N6O2. The van der Waals surface area contributed by atoms with Crippen LogP contribution in [0.4, 0.5) is 5.95 Å². The van der Waals surface area contributed by atoms with Crippen LogP contribution in [0, 0.1) is 0 Å². The zero-order valence-electron chi connectivity index (χ0n) is 26.8. The number of nitrogens with one attached hydrogen (secondary N) is 2. The molecule has 1 unspecified atom stereocenters. The summed E-state index contributed by atoms with van der Waals surface area (Å²) in [5.74, 6) is -0.421. The molecular weight excluding hydrogens is 415 g/mol. The van der Waals surface area contributed by atoms with Gasteiger partial charge in [-0.1, -0.05) is 29.3 Å². The number of hydrogen-bond donors (Lipinski definition) is 2. The fraction of sp³-hybridized carbons (Fsp3) is 0.421. The van der Waals surface area contributed by atoms with E-state index in [4.69, 9.17) is 44.4 Å². The number of halogens is 2. The SMILES string of the molecule is [2H]c1cc(C([2H])([2H])Nc2nc3ncn(C([2H])([2H])CN4C([2H])([2H])C([2H])([2H])OC([2H])(C)C4([2H])[2H])c3c(=O)[nH]2)cc(Cl)c1Cl. The maximum atomic E-state index is 13.0. The fourth-order valence-electron chi connectivity index (χ4n) is 2.39. The average Bonchev–Trinajstić information content (AvgIpc) is 3.24.